The molecule has 2 aromatic carbocycles. The number of carbonyl (C=O) groups is 2. The van der Waals surface area contributed by atoms with Gasteiger partial charge in [0.2, 0.25) is 11.8 Å². The van der Waals surface area contributed by atoms with E-state index < -0.39 is 0 Å². The van der Waals surface area contributed by atoms with Crippen LogP contribution in [0.1, 0.15) is 18.4 Å². The van der Waals surface area contributed by atoms with Gasteiger partial charge in [-0.3, -0.25) is 9.59 Å². The fourth-order valence-electron chi connectivity index (χ4n) is 2.64. The topological polar surface area (TPSA) is 49.4 Å². The number of nitrogens with one attached hydrogen (secondary N) is 1. The van der Waals surface area contributed by atoms with Crippen LogP contribution in [0.4, 0.5) is 11.4 Å². The quantitative estimate of drug-likeness (QED) is 0.887. The average molecular weight is 373 g/mol. The van der Waals surface area contributed by atoms with E-state index in [0.717, 1.165) is 34.4 Å². The number of anilines is 2. The highest BCUT2D eigenvalue weighted by molar-refractivity contribution is 9.10. The molecule has 2 aromatic rings. The maximum absolute atomic E-state index is 12.1. The van der Waals surface area contributed by atoms with E-state index in [1.54, 1.807) is 4.90 Å². The molecular weight excluding hydrogens is 356 g/mol. The van der Waals surface area contributed by atoms with Gasteiger partial charge in [-0.15, -0.1) is 0 Å². The molecule has 1 heterocycles. The van der Waals surface area contributed by atoms with Crippen molar-refractivity contribution in [3.63, 3.8) is 0 Å². The maximum atomic E-state index is 12.1. The van der Waals surface area contributed by atoms with Crippen molar-refractivity contribution in [2.45, 2.75) is 19.3 Å². The highest BCUT2D eigenvalue weighted by Crippen LogP contribution is 2.22. The van der Waals surface area contributed by atoms with Crippen molar-refractivity contribution in [2.24, 2.45) is 0 Å². The first-order valence-electron chi connectivity index (χ1n) is 7.56. The molecule has 1 aliphatic rings. The lowest BCUT2D eigenvalue weighted by Gasteiger charge is -2.15. The summed E-state index contributed by atoms with van der Waals surface area (Å²) in [6.45, 7) is 0.780. The van der Waals surface area contributed by atoms with Gasteiger partial charge in [-0.1, -0.05) is 28.1 Å². The van der Waals surface area contributed by atoms with E-state index in [2.05, 4.69) is 21.2 Å². The van der Waals surface area contributed by atoms with E-state index in [9.17, 15) is 9.59 Å². The van der Waals surface area contributed by atoms with Crippen LogP contribution in [0.25, 0.3) is 0 Å². The molecule has 1 saturated heterocycles. The minimum absolute atomic E-state index is 0.0580. The Hall–Kier alpha value is -2.14. The molecular formula is C18H17BrN2O2. The van der Waals surface area contributed by atoms with E-state index in [4.69, 9.17) is 0 Å². The van der Waals surface area contributed by atoms with Gasteiger partial charge >= 0.3 is 0 Å². The Bertz CT molecular complexity index is 711. The molecule has 3 rings (SSSR count). The second-order valence-electron chi connectivity index (χ2n) is 5.55. The first kappa shape index (κ1) is 15.7. The van der Waals surface area contributed by atoms with Gasteiger partial charge in [0.25, 0.3) is 0 Å². The summed E-state index contributed by atoms with van der Waals surface area (Å²) in [7, 11) is 0. The SMILES string of the molecule is O=C(Cc1ccc(N2CCCC2=O)cc1)Nc1ccc(Br)cc1. The largest absolute Gasteiger partial charge is 0.326 e. The summed E-state index contributed by atoms with van der Waals surface area (Å²) in [6.07, 6.45) is 1.85. The van der Waals surface area contributed by atoms with Crippen molar-refractivity contribution in [3.8, 4) is 0 Å². The zero-order valence-corrected chi connectivity index (χ0v) is 14.2. The second kappa shape index (κ2) is 6.96. The molecule has 1 fully saturated rings. The van der Waals surface area contributed by atoms with Gasteiger partial charge in [-0.2, -0.15) is 0 Å². The molecule has 1 N–H and O–H groups in total. The molecule has 5 heteroatoms. The van der Waals surface area contributed by atoms with Crippen LogP contribution >= 0.6 is 15.9 Å². The normalized spacial score (nSPS) is 14.1. The first-order chi connectivity index (χ1) is 11.1. The van der Waals surface area contributed by atoms with Crippen molar-refractivity contribution < 1.29 is 9.59 Å². The maximum Gasteiger partial charge on any atom is 0.228 e. The summed E-state index contributed by atoms with van der Waals surface area (Å²) in [4.78, 5) is 25.6. The highest BCUT2D eigenvalue weighted by atomic mass is 79.9. The summed E-state index contributed by atoms with van der Waals surface area (Å²) in [5, 5.41) is 2.87. The minimum Gasteiger partial charge on any atom is -0.326 e. The van der Waals surface area contributed by atoms with Crippen molar-refractivity contribution >= 4 is 39.1 Å². The van der Waals surface area contributed by atoms with Gasteiger partial charge in [0.15, 0.2) is 0 Å². The fourth-order valence-corrected chi connectivity index (χ4v) is 2.90. The van der Waals surface area contributed by atoms with E-state index in [0.29, 0.717) is 12.8 Å². The Balaban J connectivity index is 1.60. The number of nitrogens with zero attached hydrogens (tertiary/aromatic N) is 1. The van der Waals surface area contributed by atoms with Crippen molar-refractivity contribution in [1.82, 2.24) is 0 Å². The van der Waals surface area contributed by atoms with E-state index in [1.165, 1.54) is 0 Å². The molecule has 0 radical (unpaired) electrons. The predicted octanol–water partition coefficient (Wildman–Crippen LogP) is 3.76. The monoisotopic (exact) mass is 372 g/mol. The average Bonchev–Trinajstić information content (AvgIpc) is 2.96. The van der Waals surface area contributed by atoms with Crippen molar-refractivity contribution in [1.29, 1.82) is 0 Å². The van der Waals surface area contributed by atoms with Gasteiger partial charge in [0.1, 0.15) is 0 Å². The summed E-state index contributed by atoms with van der Waals surface area (Å²) < 4.78 is 0.975. The molecule has 0 unspecified atom stereocenters. The second-order valence-corrected chi connectivity index (χ2v) is 6.46. The third kappa shape index (κ3) is 3.99. The molecule has 0 bridgehead atoms. The number of hydrogen-bond donors (Lipinski definition) is 1. The van der Waals surface area contributed by atoms with Gasteiger partial charge < -0.3 is 10.2 Å². The number of carbonyl (C=O) groups excluding carboxylic acids is 2. The molecule has 0 spiro atoms. The van der Waals surface area contributed by atoms with Crippen LogP contribution in [-0.2, 0) is 16.0 Å². The number of hydrogen-bond acceptors (Lipinski definition) is 2. The zero-order valence-electron chi connectivity index (χ0n) is 12.6. The van der Waals surface area contributed by atoms with Crippen LogP contribution in [0.3, 0.4) is 0 Å². The molecule has 1 aliphatic heterocycles. The van der Waals surface area contributed by atoms with Gasteiger partial charge in [0.05, 0.1) is 6.42 Å². The van der Waals surface area contributed by atoms with Crippen LogP contribution in [0, 0.1) is 0 Å². The summed E-state index contributed by atoms with van der Waals surface area (Å²) in [5.74, 6) is 0.114. The Morgan fingerprint density at radius 3 is 2.39 bits per heavy atom. The smallest absolute Gasteiger partial charge is 0.228 e. The van der Waals surface area contributed by atoms with Crippen LogP contribution in [-0.4, -0.2) is 18.4 Å². The molecule has 2 amide bonds. The minimum atomic E-state index is -0.0580. The first-order valence-corrected chi connectivity index (χ1v) is 8.36. The Kier molecular flexibility index (Phi) is 4.76. The van der Waals surface area contributed by atoms with E-state index in [1.807, 2.05) is 48.5 Å². The summed E-state index contributed by atoms with van der Waals surface area (Å²) in [6, 6.07) is 15.1. The standard InChI is InChI=1S/C18H17BrN2O2/c19-14-5-7-15(8-6-14)20-17(22)12-13-3-9-16(10-4-13)21-11-1-2-18(21)23/h3-10H,1-2,11-12H2,(H,20,22). The number of rotatable bonds is 4. The van der Waals surface area contributed by atoms with E-state index in [-0.39, 0.29) is 11.8 Å². The lowest BCUT2D eigenvalue weighted by Crippen LogP contribution is -2.23. The molecule has 23 heavy (non-hydrogen) atoms. The molecule has 0 saturated carbocycles. The fraction of sp³-hybridized carbons (Fsp3) is 0.222. The van der Waals surface area contributed by atoms with Gasteiger partial charge in [-0.25, -0.2) is 0 Å². The van der Waals surface area contributed by atoms with E-state index >= 15 is 0 Å². The number of halogens is 1. The Morgan fingerprint density at radius 1 is 1.09 bits per heavy atom. The Morgan fingerprint density at radius 2 is 1.78 bits per heavy atom. The third-order valence-electron chi connectivity index (χ3n) is 3.81. The zero-order chi connectivity index (χ0) is 16.2. The van der Waals surface area contributed by atoms with Crippen LogP contribution in [0.5, 0.6) is 0 Å². The van der Waals surface area contributed by atoms with Crippen LogP contribution in [0.15, 0.2) is 53.0 Å². The molecule has 0 aromatic heterocycles. The van der Waals surface area contributed by atoms with Crippen molar-refractivity contribution in [2.75, 3.05) is 16.8 Å². The third-order valence-corrected chi connectivity index (χ3v) is 4.34. The number of amides is 2. The molecule has 0 aliphatic carbocycles. The van der Waals surface area contributed by atoms with Gasteiger partial charge in [0, 0.05) is 28.8 Å². The molecule has 0 atom stereocenters. The van der Waals surface area contributed by atoms with Gasteiger partial charge in [-0.05, 0) is 48.4 Å². The summed E-state index contributed by atoms with van der Waals surface area (Å²) in [5.41, 5.74) is 2.61. The van der Waals surface area contributed by atoms with Crippen LogP contribution in [0.2, 0.25) is 0 Å². The van der Waals surface area contributed by atoms with Crippen molar-refractivity contribution in [3.05, 3.63) is 58.6 Å². The highest BCUT2D eigenvalue weighted by Gasteiger charge is 2.21. The summed E-state index contributed by atoms with van der Waals surface area (Å²) >= 11 is 3.36. The molecule has 118 valence electrons. The molecule has 4 nitrogen and oxygen atoms in total. The number of benzene rings is 2. The predicted molar refractivity (Wildman–Crippen MR) is 94.5 cm³/mol. The van der Waals surface area contributed by atoms with Crippen LogP contribution < -0.4 is 10.2 Å². The lowest BCUT2D eigenvalue weighted by atomic mass is 10.1. The Labute approximate surface area is 143 Å². The lowest BCUT2D eigenvalue weighted by molar-refractivity contribution is -0.117.